The highest BCUT2D eigenvalue weighted by Crippen LogP contribution is 2.31. The molecule has 0 radical (unpaired) electrons. The van der Waals surface area contributed by atoms with Crippen LogP contribution in [-0.2, 0) is 14.8 Å². The summed E-state index contributed by atoms with van der Waals surface area (Å²) < 4.78 is 28.7. The smallest absolute Gasteiger partial charge is 0.285 e. The number of rotatable bonds is 3. The van der Waals surface area contributed by atoms with Crippen LogP contribution in [0.4, 0.5) is 5.69 Å². The average molecular weight is 412 g/mol. The molecule has 0 unspecified atom stereocenters. The Morgan fingerprint density at radius 2 is 1.76 bits per heavy atom. The molecule has 0 aromatic heterocycles. The van der Waals surface area contributed by atoms with E-state index in [-0.39, 0.29) is 16.7 Å². The lowest BCUT2D eigenvalue weighted by Crippen LogP contribution is -2.44. The van der Waals surface area contributed by atoms with Crippen LogP contribution in [0.5, 0.6) is 0 Å². The van der Waals surface area contributed by atoms with E-state index in [9.17, 15) is 13.2 Å². The van der Waals surface area contributed by atoms with E-state index in [2.05, 4.69) is 4.40 Å². The van der Waals surface area contributed by atoms with Crippen LogP contribution in [-0.4, -0.2) is 44.7 Å². The maximum atomic E-state index is 13.2. The summed E-state index contributed by atoms with van der Waals surface area (Å²) in [5.74, 6) is 0.584. The Morgan fingerprint density at radius 3 is 2.45 bits per heavy atom. The molecule has 0 atom stereocenters. The fraction of sp³-hybridized carbons (Fsp3) is 0.364. The number of anilines is 1. The van der Waals surface area contributed by atoms with Crippen LogP contribution in [0.15, 0.2) is 57.8 Å². The lowest BCUT2D eigenvalue weighted by atomic mass is 9.94. The maximum Gasteiger partial charge on any atom is 0.285 e. The first-order valence-electron chi connectivity index (χ1n) is 9.98. The summed E-state index contributed by atoms with van der Waals surface area (Å²) in [4.78, 5) is 17.3. The van der Waals surface area contributed by atoms with E-state index in [1.807, 2.05) is 54.0 Å². The number of nitrogens with zero attached hydrogens (tertiary/aromatic N) is 3. The number of carbonyl (C=O) groups is 1. The van der Waals surface area contributed by atoms with Gasteiger partial charge in [-0.1, -0.05) is 30.3 Å². The van der Waals surface area contributed by atoms with E-state index in [1.54, 1.807) is 18.2 Å². The summed E-state index contributed by atoms with van der Waals surface area (Å²) in [5.41, 5.74) is 2.71. The van der Waals surface area contributed by atoms with Gasteiger partial charge in [0.25, 0.3) is 10.0 Å². The number of carbonyl (C=O) groups excluding carboxylic acids is 1. The van der Waals surface area contributed by atoms with Crippen molar-refractivity contribution in [3.63, 3.8) is 0 Å². The SMILES string of the molecule is CCN(C(=O)C1CCN(C2=NS(=O)(=O)c3ccccc32)CC1)c1ccccc1C. The third kappa shape index (κ3) is 3.55. The fourth-order valence-corrected chi connectivity index (χ4v) is 5.41. The number of amidine groups is 1. The van der Waals surface area contributed by atoms with Gasteiger partial charge in [0, 0.05) is 36.8 Å². The van der Waals surface area contributed by atoms with Crippen LogP contribution in [0.2, 0.25) is 0 Å². The van der Waals surface area contributed by atoms with Gasteiger partial charge in [-0.3, -0.25) is 4.79 Å². The van der Waals surface area contributed by atoms with Crippen LogP contribution in [0.25, 0.3) is 0 Å². The molecule has 2 aromatic carbocycles. The minimum Gasteiger partial charge on any atom is -0.355 e. The number of fused-ring (bicyclic) bond motifs is 1. The quantitative estimate of drug-likeness (QED) is 0.778. The molecule has 2 aromatic rings. The van der Waals surface area contributed by atoms with Crippen molar-refractivity contribution in [2.24, 2.45) is 10.3 Å². The fourth-order valence-electron chi connectivity index (χ4n) is 4.19. The van der Waals surface area contributed by atoms with Crippen molar-refractivity contribution in [1.82, 2.24) is 4.90 Å². The summed E-state index contributed by atoms with van der Waals surface area (Å²) in [6.07, 6.45) is 1.37. The highest BCUT2D eigenvalue weighted by Gasteiger charge is 2.35. The maximum absolute atomic E-state index is 13.2. The number of amides is 1. The molecule has 7 heteroatoms. The topological polar surface area (TPSA) is 70.1 Å². The minimum absolute atomic E-state index is 0.0698. The van der Waals surface area contributed by atoms with Gasteiger partial charge >= 0.3 is 0 Å². The Kier molecular flexibility index (Phi) is 5.17. The van der Waals surface area contributed by atoms with E-state index < -0.39 is 10.0 Å². The molecule has 4 rings (SSSR count). The number of hydrogen-bond acceptors (Lipinski definition) is 4. The van der Waals surface area contributed by atoms with Crippen LogP contribution in [0, 0.1) is 12.8 Å². The van der Waals surface area contributed by atoms with Crippen molar-refractivity contribution < 1.29 is 13.2 Å². The second-order valence-corrected chi connectivity index (χ2v) is 9.09. The number of piperidine rings is 1. The molecule has 0 bridgehead atoms. The number of benzene rings is 2. The highest BCUT2D eigenvalue weighted by molar-refractivity contribution is 7.90. The van der Waals surface area contributed by atoms with Crippen molar-refractivity contribution in [2.75, 3.05) is 24.5 Å². The Balaban J connectivity index is 1.49. The van der Waals surface area contributed by atoms with Gasteiger partial charge in [0.15, 0.2) is 5.84 Å². The van der Waals surface area contributed by atoms with Crippen LogP contribution < -0.4 is 4.90 Å². The van der Waals surface area contributed by atoms with E-state index in [1.165, 1.54) is 0 Å². The largest absolute Gasteiger partial charge is 0.355 e. The van der Waals surface area contributed by atoms with Crippen LogP contribution >= 0.6 is 0 Å². The predicted molar refractivity (Wildman–Crippen MR) is 114 cm³/mol. The molecule has 1 saturated heterocycles. The van der Waals surface area contributed by atoms with E-state index in [0.717, 1.165) is 11.3 Å². The van der Waals surface area contributed by atoms with Gasteiger partial charge < -0.3 is 9.80 Å². The standard InChI is InChI=1S/C22H25N3O3S/c1-3-25(19-10-6-4-8-16(19)2)22(26)17-12-14-24(15-13-17)21-18-9-5-7-11-20(18)29(27,28)23-21/h4-11,17H,3,12-15H2,1-2H3. The predicted octanol–water partition coefficient (Wildman–Crippen LogP) is 3.21. The Labute approximate surface area is 171 Å². The zero-order valence-corrected chi connectivity index (χ0v) is 17.5. The van der Waals surface area contributed by atoms with Gasteiger partial charge in [-0.05, 0) is 50.5 Å². The van der Waals surface area contributed by atoms with Gasteiger partial charge in [-0.25, -0.2) is 0 Å². The molecule has 29 heavy (non-hydrogen) atoms. The first-order valence-corrected chi connectivity index (χ1v) is 11.4. The molecule has 0 N–H and O–H groups in total. The van der Waals surface area contributed by atoms with Crippen molar-refractivity contribution in [1.29, 1.82) is 0 Å². The normalized spacial score (nSPS) is 18.3. The number of likely N-dealkylation sites (tertiary alicyclic amines) is 1. The Hall–Kier alpha value is -2.67. The van der Waals surface area contributed by atoms with E-state index >= 15 is 0 Å². The van der Waals surface area contributed by atoms with Crippen LogP contribution in [0.1, 0.15) is 30.9 Å². The molecule has 1 fully saturated rings. The Bertz CT molecular complexity index is 1070. The monoisotopic (exact) mass is 411 g/mol. The molecule has 2 aliphatic heterocycles. The molecular formula is C22H25N3O3S. The number of sulfonamides is 1. The van der Waals surface area contributed by atoms with E-state index in [0.29, 0.717) is 43.9 Å². The zero-order valence-electron chi connectivity index (χ0n) is 16.7. The van der Waals surface area contributed by atoms with Crippen molar-refractivity contribution >= 4 is 27.5 Å². The molecule has 0 aliphatic carbocycles. The van der Waals surface area contributed by atoms with Crippen LogP contribution in [0.3, 0.4) is 0 Å². The third-order valence-corrected chi connectivity index (χ3v) is 7.07. The number of hydrogen-bond donors (Lipinski definition) is 0. The lowest BCUT2D eigenvalue weighted by molar-refractivity contribution is -0.123. The van der Waals surface area contributed by atoms with Crippen molar-refractivity contribution in [2.45, 2.75) is 31.6 Å². The van der Waals surface area contributed by atoms with Crippen molar-refractivity contribution in [3.8, 4) is 0 Å². The molecule has 1 amide bonds. The summed E-state index contributed by atoms with van der Waals surface area (Å²) in [7, 11) is -3.62. The second-order valence-electron chi connectivity index (χ2n) is 7.52. The summed E-state index contributed by atoms with van der Waals surface area (Å²) in [6.45, 7) is 5.87. The summed E-state index contributed by atoms with van der Waals surface area (Å²) in [5, 5.41) is 0. The average Bonchev–Trinajstić information content (AvgIpc) is 3.01. The zero-order chi connectivity index (χ0) is 20.6. The molecular weight excluding hydrogens is 386 g/mol. The van der Waals surface area contributed by atoms with E-state index in [4.69, 9.17) is 0 Å². The molecule has 2 heterocycles. The van der Waals surface area contributed by atoms with Gasteiger partial charge in [-0.15, -0.1) is 4.40 Å². The lowest BCUT2D eigenvalue weighted by Gasteiger charge is -2.35. The first kappa shape index (κ1) is 19.6. The third-order valence-electron chi connectivity index (χ3n) is 5.74. The molecule has 2 aliphatic rings. The van der Waals surface area contributed by atoms with Crippen molar-refractivity contribution in [3.05, 3.63) is 59.7 Å². The number of para-hydroxylation sites is 1. The van der Waals surface area contributed by atoms with Gasteiger partial charge in [0.1, 0.15) is 4.90 Å². The minimum atomic E-state index is -3.62. The highest BCUT2D eigenvalue weighted by atomic mass is 32.2. The van der Waals surface area contributed by atoms with Gasteiger partial charge in [0.2, 0.25) is 5.91 Å². The first-order chi connectivity index (χ1) is 13.9. The molecule has 0 spiro atoms. The van der Waals surface area contributed by atoms with Gasteiger partial charge in [-0.2, -0.15) is 8.42 Å². The summed E-state index contributed by atoms with van der Waals surface area (Å²) in [6, 6.07) is 14.9. The second kappa shape index (κ2) is 7.63. The molecule has 6 nitrogen and oxygen atoms in total. The number of aryl methyl sites for hydroxylation is 1. The van der Waals surface area contributed by atoms with Gasteiger partial charge in [0.05, 0.1) is 0 Å². The Morgan fingerprint density at radius 1 is 1.10 bits per heavy atom. The molecule has 152 valence electrons. The molecule has 0 saturated carbocycles. The summed E-state index contributed by atoms with van der Waals surface area (Å²) >= 11 is 0.